The largest absolute Gasteiger partial charge is 0.342 e. The van der Waals surface area contributed by atoms with Gasteiger partial charge in [0.25, 0.3) is 0 Å². The van der Waals surface area contributed by atoms with Crippen molar-refractivity contribution in [3.8, 4) is 0 Å². The Morgan fingerprint density at radius 3 is 2.33 bits per heavy atom. The van der Waals surface area contributed by atoms with Gasteiger partial charge in [-0.3, -0.25) is 19.4 Å². The Bertz CT molecular complexity index is 921. The van der Waals surface area contributed by atoms with E-state index in [9.17, 15) is 14.4 Å². The molecule has 0 saturated carbocycles. The lowest BCUT2D eigenvalue weighted by atomic mass is 9.94. The summed E-state index contributed by atoms with van der Waals surface area (Å²) in [4.78, 5) is 45.4. The summed E-state index contributed by atoms with van der Waals surface area (Å²) in [5.41, 5.74) is 2.70. The van der Waals surface area contributed by atoms with Crippen LogP contribution >= 0.6 is 0 Å². The van der Waals surface area contributed by atoms with Crippen molar-refractivity contribution < 1.29 is 14.4 Å². The highest BCUT2D eigenvalue weighted by molar-refractivity contribution is 6.00. The maximum absolute atomic E-state index is 13.0. The lowest BCUT2D eigenvalue weighted by molar-refractivity contribution is -0.138. The molecule has 7 heteroatoms. The van der Waals surface area contributed by atoms with Crippen molar-refractivity contribution in [3.05, 3.63) is 54.4 Å². The van der Waals surface area contributed by atoms with Gasteiger partial charge in [-0.15, -0.1) is 0 Å². The number of benzene rings is 1. The van der Waals surface area contributed by atoms with Crippen molar-refractivity contribution >= 4 is 29.1 Å². The highest BCUT2D eigenvalue weighted by Gasteiger charge is 2.38. The van der Waals surface area contributed by atoms with Crippen LogP contribution in [0.5, 0.6) is 0 Å². The number of hydrogen-bond acceptors (Lipinski definition) is 4. The molecule has 2 aliphatic heterocycles. The zero-order valence-electron chi connectivity index (χ0n) is 17.1. The highest BCUT2D eigenvalue weighted by atomic mass is 16.2. The maximum atomic E-state index is 13.0. The number of hydrogen-bond donors (Lipinski definition) is 1. The number of aryl methyl sites for hydroxylation is 1. The van der Waals surface area contributed by atoms with E-state index in [1.54, 1.807) is 29.4 Å². The molecule has 1 unspecified atom stereocenters. The van der Waals surface area contributed by atoms with E-state index in [2.05, 4.69) is 10.3 Å². The van der Waals surface area contributed by atoms with Crippen LogP contribution in [0, 0.1) is 18.8 Å². The Labute approximate surface area is 176 Å². The molecule has 3 heterocycles. The molecule has 0 bridgehead atoms. The van der Waals surface area contributed by atoms with Crippen molar-refractivity contribution in [2.24, 2.45) is 11.8 Å². The molecule has 156 valence electrons. The van der Waals surface area contributed by atoms with Crippen LogP contribution in [0.1, 0.15) is 24.8 Å². The molecule has 1 aromatic heterocycles. The van der Waals surface area contributed by atoms with Crippen LogP contribution in [0.2, 0.25) is 0 Å². The molecule has 0 spiro atoms. The second-order valence-corrected chi connectivity index (χ2v) is 8.07. The summed E-state index contributed by atoms with van der Waals surface area (Å²) in [6, 6.07) is 11.3. The number of piperidine rings is 1. The van der Waals surface area contributed by atoms with Crippen molar-refractivity contribution in [1.29, 1.82) is 0 Å². The lowest BCUT2D eigenvalue weighted by Crippen LogP contribution is -2.44. The third kappa shape index (κ3) is 4.35. The van der Waals surface area contributed by atoms with E-state index in [-0.39, 0.29) is 36.0 Å². The van der Waals surface area contributed by atoms with E-state index in [4.69, 9.17) is 0 Å². The van der Waals surface area contributed by atoms with Gasteiger partial charge >= 0.3 is 0 Å². The molecule has 7 nitrogen and oxygen atoms in total. The summed E-state index contributed by atoms with van der Waals surface area (Å²) in [5.74, 6) is -0.442. The average Bonchev–Trinajstić information content (AvgIpc) is 3.16. The van der Waals surface area contributed by atoms with Gasteiger partial charge in [0.05, 0.1) is 5.92 Å². The van der Waals surface area contributed by atoms with Crippen LogP contribution < -0.4 is 10.2 Å². The average molecular weight is 406 g/mol. The first kappa shape index (κ1) is 20.1. The second-order valence-electron chi connectivity index (χ2n) is 8.07. The van der Waals surface area contributed by atoms with Crippen molar-refractivity contribution in [2.45, 2.75) is 26.2 Å². The minimum absolute atomic E-state index is 0.0104. The van der Waals surface area contributed by atoms with Gasteiger partial charge in [0.1, 0.15) is 0 Å². The molecule has 0 radical (unpaired) electrons. The van der Waals surface area contributed by atoms with E-state index in [1.807, 2.05) is 36.1 Å². The molecular weight excluding hydrogens is 380 g/mol. The fourth-order valence-corrected chi connectivity index (χ4v) is 4.15. The summed E-state index contributed by atoms with van der Waals surface area (Å²) in [6.45, 7) is 3.51. The molecule has 1 atom stereocenters. The summed E-state index contributed by atoms with van der Waals surface area (Å²) in [5, 5.41) is 2.91. The molecule has 1 aromatic carbocycles. The predicted molar refractivity (Wildman–Crippen MR) is 114 cm³/mol. The number of amides is 3. The monoisotopic (exact) mass is 406 g/mol. The molecule has 4 rings (SSSR count). The van der Waals surface area contributed by atoms with Gasteiger partial charge in [-0.2, -0.15) is 0 Å². The normalized spacial score (nSPS) is 19.8. The number of rotatable bonds is 4. The van der Waals surface area contributed by atoms with Crippen molar-refractivity contribution in [3.63, 3.8) is 0 Å². The van der Waals surface area contributed by atoms with E-state index in [0.717, 1.165) is 16.9 Å². The Morgan fingerprint density at radius 2 is 1.67 bits per heavy atom. The number of aromatic nitrogens is 1. The van der Waals surface area contributed by atoms with Gasteiger partial charge in [-0.1, -0.05) is 17.7 Å². The van der Waals surface area contributed by atoms with Gasteiger partial charge in [-0.05, 0) is 44.0 Å². The summed E-state index contributed by atoms with van der Waals surface area (Å²) >= 11 is 0. The van der Waals surface area contributed by atoms with Gasteiger partial charge in [0.15, 0.2) is 0 Å². The molecule has 2 fully saturated rings. The van der Waals surface area contributed by atoms with E-state index in [0.29, 0.717) is 32.5 Å². The molecule has 2 aromatic rings. The summed E-state index contributed by atoms with van der Waals surface area (Å²) in [7, 11) is 0. The van der Waals surface area contributed by atoms with Gasteiger partial charge in [0.2, 0.25) is 17.7 Å². The van der Waals surface area contributed by atoms with Crippen molar-refractivity contribution in [2.75, 3.05) is 29.9 Å². The number of anilines is 2. The van der Waals surface area contributed by atoms with Crippen LogP contribution in [-0.2, 0) is 14.4 Å². The first-order valence-corrected chi connectivity index (χ1v) is 10.4. The molecule has 0 aliphatic carbocycles. The highest BCUT2D eigenvalue weighted by Crippen LogP contribution is 2.28. The molecule has 2 aliphatic rings. The number of likely N-dealkylation sites (tertiary alicyclic amines) is 1. The van der Waals surface area contributed by atoms with Crippen LogP contribution in [0.4, 0.5) is 11.4 Å². The Hall–Kier alpha value is -3.22. The minimum Gasteiger partial charge on any atom is -0.342 e. The van der Waals surface area contributed by atoms with E-state index >= 15 is 0 Å². The van der Waals surface area contributed by atoms with Gasteiger partial charge in [-0.25, -0.2) is 0 Å². The van der Waals surface area contributed by atoms with Crippen LogP contribution in [0.3, 0.4) is 0 Å². The van der Waals surface area contributed by atoms with Gasteiger partial charge < -0.3 is 15.1 Å². The predicted octanol–water partition coefficient (Wildman–Crippen LogP) is 2.62. The fraction of sp³-hybridized carbons (Fsp3) is 0.391. The molecule has 2 saturated heterocycles. The Kier molecular flexibility index (Phi) is 5.79. The van der Waals surface area contributed by atoms with Crippen molar-refractivity contribution in [1.82, 2.24) is 9.88 Å². The second kappa shape index (κ2) is 8.65. The fourth-order valence-electron chi connectivity index (χ4n) is 4.15. The standard InChI is InChI=1S/C23H26N4O3/c1-16-2-4-20(5-3-16)27-15-18(14-21(27)28)23(30)26-12-8-17(9-13-26)22(29)25-19-6-10-24-11-7-19/h2-7,10-11,17-18H,8-9,12-15H2,1H3,(H,24,25,29). The third-order valence-electron chi connectivity index (χ3n) is 5.95. The molecule has 3 amide bonds. The lowest BCUT2D eigenvalue weighted by Gasteiger charge is -2.33. The number of nitrogens with one attached hydrogen (secondary N) is 1. The van der Waals surface area contributed by atoms with E-state index in [1.165, 1.54) is 0 Å². The van der Waals surface area contributed by atoms with Crippen LogP contribution in [0.15, 0.2) is 48.8 Å². The Morgan fingerprint density at radius 1 is 1.00 bits per heavy atom. The summed E-state index contributed by atoms with van der Waals surface area (Å²) in [6.07, 6.45) is 4.78. The summed E-state index contributed by atoms with van der Waals surface area (Å²) < 4.78 is 0. The van der Waals surface area contributed by atoms with Crippen LogP contribution in [-0.4, -0.2) is 47.2 Å². The smallest absolute Gasteiger partial charge is 0.228 e. The minimum atomic E-state index is -0.319. The van der Waals surface area contributed by atoms with Gasteiger partial charge in [0, 0.05) is 55.7 Å². The number of carbonyl (C=O) groups is 3. The number of pyridine rings is 1. The maximum Gasteiger partial charge on any atom is 0.228 e. The van der Waals surface area contributed by atoms with E-state index < -0.39 is 0 Å². The zero-order valence-corrected chi connectivity index (χ0v) is 17.1. The first-order chi connectivity index (χ1) is 14.5. The number of nitrogens with zero attached hydrogens (tertiary/aromatic N) is 3. The first-order valence-electron chi connectivity index (χ1n) is 10.4. The molecule has 30 heavy (non-hydrogen) atoms. The quantitative estimate of drug-likeness (QED) is 0.846. The topological polar surface area (TPSA) is 82.6 Å². The third-order valence-corrected chi connectivity index (χ3v) is 5.95. The SMILES string of the molecule is Cc1ccc(N2CC(C(=O)N3CCC(C(=O)Nc4ccncc4)CC3)CC2=O)cc1. The zero-order chi connectivity index (χ0) is 21.1. The molecular formula is C23H26N4O3. The Balaban J connectivity index is 1.30. The number of carbonyl (C=O) groups excluding carboxylic acids is 3. The molecule has 1 N–H and O–H groups in total. The van der Waals surface area contributed by atoms with Crippen LogP contribution in [0.25, 0.3) is 0 Å².